The van der Waals surface area contributed by atoms with E-state index in [1.54, 1.807) is 11.3 Å². The molecular formula is C23H34IN5OS. The first-order valence-electron chi connectivity index (χ1n) is 11.1. The molecule has 0 bridgehead atoms. The predicted molar refractivity (Wildman–Crippen MR) is 139 cm³/mol. The molecule has 1 aromatic carbocycles. The zero-order valence-corrected chi connectivity index (χ0v) is 21.5. The molecule has 2 aliphatic rings. The number of ether oxygens (including phenoxy) is 1. The molecule has 6 nitrogen and oxygen atoms in total. The van der Waals surface area contributed by atoms with Crippen LogP contribution >= 0.6 is 35.3 Å². The minimum atomic E-state index is 0. The van der Waals surface area contributed by atoms with Crippen LogP contribution in [0.25, 0.3) is 11.3 Å². The van der Waals surface area contributed by atoms with Crippen LogP contribution in [0.4, 0.5) is 0 Å². The average molecular weight is 556 g/mol. The molecule has 0 radical (unpaired) electrons. The zero-order chi connectivity index (χ0) is 20.7. The summed E-state index contributed by atoms with van der Waals surface area (Å²) >= 11 is 1.69. The number of halogens is 1. The summed E-state index contributed by atoms with van der Waals surface area (Å²) in [6, 6.07) is 10.3. The average Bonchev–Trinajstić information content (AvgIpc) is 3.30. The van der Waals surface area contributed by atoms with Gasteiger partial charge in [0.1, 0.15) is 5.01 Å². The number of nitrogens with zero attached hydrogens (tertiary/aromatic N) is 3. The zero-order valence-electron chi connectivity index (χ0n) is 18.3. The molecule has 170 valence electrons. The molecule has 0 unspecified atom stereocenters. The number of thiazole rings is 1. The fourth-order valence-corrected chi connectivity index (χ4v) is 5.36. The summed E-state index contributed by atoms with van der Waals surface area (Å²) < 4.78 is 5.60. The van der Waals surface area contributed by atoms with E-state index in [-0.39, 0.29) is 29.5 Å². The Morgan fingerprint density at radius 2 is 1.87 bits per heavy atom. The van der Waals surface area contributed by atoms with Gasteiger partial charge in [-0.1, -0.05) is 49.6 Å². The van der Waals surface area contributed by atoms with Crippen LogP contribution < -0.4 is 10.6 Å². The van der Waals surface area contributed by atoms with Crippen LogP contribution in [0.5, 0.6) is 0 Å². The van der Waals surface area contributed by atoms with E-state index >= 15 is 0 Å². The number of morpholine rings is 1. The van der Waals surface area contributed by atoms with Crippen molar-refractivity contribution in [3.63, 3.8) is 0 Å². The van der Waals surface area contributed by atoms with Gasteiger partial charge in [0.15, 0.2) is 5.96 Å². The highest BCUT2D eigenvalue weighted by Crippen LogP contribution is 2.33. The van der Waals surface area contributed by atoms with Crippen LogP contribution in [0.1, 0.15) is 37.1 Å². The molecule has 2 aromatic rings. The van der Waals surface area contributed by atoms with Gasteiger partial charge in [-0.25, -0.2) is 4.98 Å². The highest BCUT2D eigenvalue weighted by molar-refractivity contribution is 14.0. The van der Waals surface area contributed by atoms with Gasteiger partial charge >= 0.3 is 0 Å². The van der Waals surface area contributed by atoms with Crippen molar-refractivity contribution in [3.05, 3.63) is 40.7 Å². The van der Waals surface area contributed by atoms with Gasteiger partial charge in [-0.05, 0) is 12.8 Å². The standard InChI is InChI=1S/C23H33N5OS.HI/c1-24-22(25-16-21-27-20(17-30-21)19-8-4-2-5-9-19)26-18-23(10-6-3-7-11-23)28-12-14-29-15-13-28;/h2,4-5,8-9,17H,3,6-7,10-16,18H2,1H3,(H2,24,25,26);1H. The van der Waals surface area contributed by atoms with E-state index in [0.717, 1.165) is 55.1 Å². The van der Waals surface area contributed by atoms with Crippen LogP contribution in [0, 0.1) is 0 Å². The van der Waals surface area contributed by atoms with Gasteiger partial charge in [-0.2, -0.15) is 0 Å². The van der Waals surface area contributed by atoms with Crippen LogP contribution in [0.15, 0.2) is 40.7 Å². The van der Waals surface area contributed by atoms with Crippen LogP contribution in [-0.2, 0) is 11.3 Å². The maximum atomic E-state index is 5.60. The molecule has 0 spiro atoms. The van der Waals surface area contributed by atoms with Crippen LogP contribution in [0.2, 0.25) is 0 Å². The van der Waals surface area contributed by atoms with Crippen molar-refractivity contribution in [1.82, 2.24) is 20.5 Å². The molecule has 1 aliphatic carbocycles. The number of aliphatic imine (C=N–C) groups is 1. The van der Waals surface area contributed by atoms with E-state index in [1.807, 2.05) is 25.2 Å². The van der Waals surface area contributed by atoms with E-state index in [4.69, 9.17) is 9.72 Å². The summed E-state index contributed by atoms with van der Waals surface area (Å²) in [5, 5.41) is 10.3. The van der Waals surface area contributed by atoms with E-state index < -0.39 is 0 Å². The van der Waals surface area contributed by atoms with Crippen molar-refractivity contribution in [2.24, 2.45) is 4.99 Å². The Morgan fingerprint density at radius 3 is 2.58 bits per heavy atom. The second kappa shape index (κ2) is 12.1. The summed E-state index contributed by atoms with van der Waals surface area (Å²) in [6.07, 6.45) is 6.49. The molecule has 1 saturated carbocycles. The van der Waals surface area contributed by atoms with Crippen LogP contribution in [-0.4, -0.2) is 61.3 Å². The van der Waals surface area contributed by atoms with Gasteiger partial charge in [0.25, 0.3) is 0 Å². The summed E-state index contributed by atoms with van der Waals surface area (Å²) in [5.41, 5.74) is 2.42. The number of hydrogen-bond acceptors (Lipinski definition) is 5. The highest BCUT2D eigenvalue weighted by atomic mass is 127. The first-order chi connectivity index (χ1) is 14.8. The Kier molecular flexibility index (Phi) is 9.55. The number of hydrogen-bond donors (Lipinski definition) is 2. The molecular weight excluding hydrogens is 521 g/mol. The fourth-order valence-electron chi connectivity index (χ4n) is 4.61. The third-order valence-electron chi connectivity index (χ3n) is 6.30. The molecule has 1 aromatic heterocycles. The number of nitrogens with one attached hydrogen (secondary N) is 2. The maximum absolute atomic E-state index is 5.60. The van der Waals surface area contributed by atoms with Gasteiger partial charge in [-0.15, -0.1) is 35.3 Å². The second-order valence-corrected chi connectivity index (χ2v) is 9.10. The lowest BCUT2D eigenvalue weighted by molar-refractivity contribution is -0.0352. The Bertz CT molecular complexity index is 816. The first kappa shape index (κ1) is 24.4. The van der Waals surface area contributed by atoms with Gasteiger partial charge in [0, 0.05) is 43.2 Å². The number of benzene rings is 1. The summed E-state index contributed by atoms with van der Waals surface area (Å²) in [6.45, 7) is 5.39. The number of aromatic nitrogens is 1. The monoisotopic (exact) mass is 555 g/mol. The highest BCUT2D eigenvalue weighted by Gasteiger charge is 2.38. The van der Waals surface area contributed by atoms with E-state index in [2.05, 4.69) is 38.0 Å². The smallest absolute Gasteiger partial charge is 0.191 e. The van der Waals surface area contributed by atoms with E-state index in [1.165, 1.54) is 32.1 Å². The van der Waals surface area contributed by atoms with Gasteiger partial charge in [-0.3, -0.25) is 9.89 Å². The van der Waals surface area contributed by atoms with Gasteiger partial charge in [0.2, 0.25) is 0 Å². The second-order valence-electron chi connectivity index (χ2n) is 8.16. The molecule has 2 fully saturated rings. The SMILES string of the molecule is CN=C(NCc1nc(-c2ccccc2)cs1)NCC1(N2CCOCC2)CCCCC1.I. The quantitative estimate of drug-likeness (QED) is 0.319. The molecule has 2 heterocycles. The molecule has 8 heteroatoms. The Morgan fingerprint density at radius 1 is 1.13 bits per heavy atom. The predicted octanol–water partition coefficient (Wildman–Crippen LogP) is 4.13. The van der Waals surface area contributed by atoms with Crippen molar-refractivity contribution < 1.29 is 4.74 Å². The van der Waals surface area contributed by atoms with Crippen molar-refractivity contribution in [1.29, 1.82) is 0 Å². The Balaban J connectivity index is 0.00000272. The Labute approximate surface area is 206 Å². The third-order valence-corrected chi connectivity index (χ3v) is 7.15. The number of guanidine groups is 1. The molecule has 4 rings (SSSR count). The lowest BCUT2D eigenvalue weighted by Gasteiger charge is -2.48. The van der Waals surface area contributed by atoms with Crippen molar-refractivity contribution in [2.75, 3.05) is 39.9 Å². The normalized spacial score (nSPS) is 19.5. The van der Waals surface area contributed by atoms with Gasteiger partial charge in [0.05, 0.1) is 25.5 Å². The number of rotatable bonds is 6. The van der Waals surface area contributed by atoms with Crippen LogP contribution in [0.3, 0.4) is 0 Å². The fraction of sp³-hybridized carbons (Fsp3) is 0.565. The summed E-state index contributed by atoms with van der Waals surface area (Å²) in [5.74, 6) is 0.852. The lowest BCUT2D eigenvalue weighted by atomic mass is 9.80. The minimum absolute atomic E-state index is 0. The summed E-state index contributed by atoms with van der Waals surface area (Å²) in [7, 11) is 1.84. The van der Waals surface area contributed by atoms with Gasteiger partial charge < -0.3 is 15.4 Å². The van der Waals surface area contributed by atoms with E-state index in [9.17, 15) is 0 Å². The molecule has 2 N–H and O–H groups in total. The molecule has 0 amide bonds. The van der Waals surface area contributed by atoms with E-state index in [0.29, 0.717) is 6.54 Å². The third kappa shape index (κ3) is 6.40. The lowest BCUT2D eigenvalue weighted by Crippen LogP contribution is -2.60. The van der Waals surface area contributed by atoms with Crippen molar-refractivity contribution in [3.8, 4) is 11.3 Å². The molecule has 1 saturated heterocycles. The molecule has 31 heavy (non-hydrogen) atoms. The molecule has 0 atom stereocenters. The van der Waals surface area contributed by atoms with Crippen molar-refractivity contribution in [2.45, 2.75) is 44.2 Å². The molecule has 1 aliphatic heterocycles. The summed E-state index contributed by atoms with van der Waals surface area (Å²) in [4.78, 5) is 11.9. The largest absolute Gasteiger partial charge is 0.379 e. The topological polar surface area (TPSA) is 61.8 Å². The van der Waals surface area contributed by atoms with Crippen molar-refractivity contribution >= 4 is 41.3 Å². The first-order valence-corrected chi connectivity index (χ1v) is 11.9. The minimum Gasteiger partial charge on any atom is -0.379 e. The Hall–Kier alpha value is -1.23. The maximum Gasteiger partial charge on any atom is 0.191 e.